The van der Waals surface area contributed by atoms with Crippen LogP contribution in [0.15, 0.2) is 6.20 Å². The molecule has 1 aliphatic carbocycles. The first-order valence-electron chi connectivity index (χ1n) is 9.01. The molecule has 2 atom stereocenters. The molecule has 1 aromatic rings. The van der Waals surface area contributed by atoms with E-state index in [1.807, 2.05) is 25.1 Å². The Balaban J connectivity index is 1.67. The Labute approximate surface area is 148 Å². The van der Waals surface area contributed by atoms with Crippen LogP contribution in [-0.4, -0.2) is 46.7 Å². The second-order valence-corrected chi connectivity index (χ2v) is 8.39. The minimum atomic E-state index is -0.147. The fraction of sp³-hybridized carbons (Fsp3) is 0.722. The summed E-state index contributed by atoms with van der Waals surface area (Å²) in [7, 11) is 1.85. The first kappa shape index (κ1) is 17.4. The molecule has 2 amide bonds. The van der Waals surface area contributed by atoms with Crippen LogP contribution in [0.4, 0.5) is 0 Å². The number of hydrogen-bond acceptors (Lipinski definition) is 4. The van der Waals surface area contributed by atoms with Crippen LogP contribution in [0.25, 0.3) is 0 Å². The number of thiazole rings is 1. The Morgan fingerprint density at radius 1 is 1.21 bits per heavy atom. The highest BCUT2D eigenvalue weighted by molar-refractivity contribution is 7.11. The van der Waals surface area contributed by atoms with Gasteiger partial charge in [0.1, 0.15) is 0 Å². The van der Waals surface area contributed by atoms with Gasteiger partial charge in [-0.25, -0.2) is 4.98 Å². The minimum absolute atomic E-state index is 0.116. The fourth-order valence-corrected chi connectivity index (χ4v) is 4.82. The lowest BCUT2D eigenvalue weighted by Crippen LogP contribution is -2.45. The number of nitrogens with zero attached hydrogens (tertiary/aromatic N) is 3. The number of carbonyl (C=O) groups excluding carboxylic acids is 2. The van der Waals surface area contributed by atoms with E-state index < -0.39 is 0 Å². The number of likely N-dealkylation sites (tertiary alicyclic amines) is 1. The molecular formula is C18H27N3O2S. The van der Waals surface area contributed by atoms with Gasteiger partial charge in [0.05, 0.1) is 11.6 Å². The average molecular weight is 350 g/mol. The summed E-state index contributed by atoms with van der Waals surface area (Å²) >= 11 is 1.63. The Kier molecular flexibility index (Phi) is 5.54. The fourth-order valence-electron chi connectivity index (χ4n) is 3.97. The van der Waals surface area contributed by atoms with Gasteiger partial charge in [-0.2, -0.15) is 0 Å². The molecular weight excluding hydrogens is 322 g/mol. The second-order valence-electron chi connectivity index (χ2n) is 7.07. The first-order valence-corrected chi connectivity index (χ1v) is 9.83. The van der Waals surface area contributed by atoms with E-state index in [1.54, 1.807) is 16.2 Å². The topological polar surface area (TPSA) is 53.5 Å². The third-order valence-corrected chi connectivity index (χ3v) is 6.15. The number of aromatic nitrogens is 1. The summed E-state index contributed by atoms with van der Waals surface area (Å²) in [6.45, 7) is 4.30. The molecule has 2 aliphatic rings. The normalized spacial score (nSPS) is 24.2. The molecule has 24 heavy (non-hydrogen) atoms. The van der Waals surface area contributed by atoms with E-state index in [2.05, 4.69) is 4.98 Å². The average Bonchev–Trinajstić information content (AvgIpc) is 3.25. The van der Waals surface area contributed by atoms with Crippen LogP contribution in [0.1, 0.15) is 48.4 Å². The molecule has 1 aromatic heterocycles. The molecule has 6 heteroatoms. The van der Waals surface area contributed by atoms with E-state index >= 15 is 0 Å². The number of aryl methyl sites for hydroxylation is 1. The molecule has 0 radical (unpaired) electrons. The quantitative estimate of drug-likeness (QED) is 0.840. The van der Waals surface area contributed by atoms with Gasteiger partial charge in [-0.05, 0) is 32.6 Å². The van der Waals surface area contributed by atoms with Gasteiger partial charge in [-0.1, -0.05) is 12.8 Å². The molecule has 1 saturated carbocycles. The van der Waals surface area contributed by atoms with E-state index in [1.165, 1.54) is 0 Å². The van der Waals surface area contributed by atoms with Gasteiger partial charge in [0, 0.05) is 43.0 Å². The Morgan fingerprint density at radius 2 is 1.88 bits per heavy atom. The van der Waals surface area contributed by atoms with Crippen molar-refractivity contribution in [1.82, 2.24) is 14.8 Å². The smallest absolute Gasteiger partial charge is 0.226 e. The molecule has 5 nitrogen and oxygen atoms in total. The van der Waals surface area contributed by atoms with Gasteiger partial charge in [0.15, 0.2) is 0 Å². The van der Waals surface area contributed by atoms with Crippen molar-refractivity contribution in [3.05, 3.63) is 16.1 Å². The lowest BCUT2D eigenvalue weighted by atomic mass is 9.77. The molecule has 1 aliphatic heterocycles. The summed E-state index contributed by atoms with van der Waals surface area (Å²) in [5.41, 5.74) is 0. The molecule has 132 valence electrons. The number of rotatable bonds is 4. The zero-order chi connectivity index (χ0) is 17.1. The van der Waals surface area contributed by atoms with Gasteiger partial charge in [-0.3, -0.25) is 9.59 Å². The van der Waals surface area contributed by atoms with E-state index in [9.17, 15) is 9.59 Å². The molecule has 0 bridgehead atoms. The van der Waals surface area contributed by atoms with E-state index in [-0.39, 0.29) is 23.7 Å². The zero-order valence-corrected chi connectivity index (χ0v) is 15.5. The van der Waals surface area contributed by atoms with Crippen LogP contribution in [0, 0.1) is 18.8 Å². The van der Waals surface area contributed by atoms with E-state index in [4.69, 9.17) is 0 Å². The largest absolute Gasteiger partial charge is 0.342 e. The summed E-state index contributed by atoms with van der Waals surface area (Å²) in [5.74, 6) is 0.0757. The van der Waals surface area contributed by atoms with E-state index in [0.29, 0.717) is 6.54 Å². The molecule has 2 fully saturated rings. The van der Waals surface area contributed by atoms with Crippen LogP contribution in [-0.2, 0) is 16.1 Å². The zero-order valence-electron chi connectivity index (χ0n) is 14.7. The summed E-state index contributed by atoms with van der Waals surface area (Å²) in [4.78, 5) is 34.9. The predicted molar refractivity (Wildman–Crippen MR) is 94.6 cm³/mol. The van der Waals surface area contributed by atoms with Crippen molar-refractivity contribution in [2.45, 2.75) is 52.0 Å². The lowest BCUT2D eigenvalue weighted by molar-refractivity contribution is -0.147. The van der Waals surface area contributed by atoms with Crippen molar-refractivity contribution in [2.75, 3.05) is 20.1 Å². The van der Waals surface area contributed by atoms with Crippen LogP contribution >= 0.6 is 11.3 Å². The first-order chi connectivity index (χ1) is 11.6. The maximum atomic E-state index is 13.0. The van der Waals surface area contributed by atoms with Crippen molar-refractivity contribution < 1.29 is 9.59 Å². The molecule has 0 N–H and O–H groups in total. The third-order valence-electron chi connectivity index (χ3n) is 5.26. The summed E-state index contributed by atoms with van der Waals surface area (Å²) in [6, 6.07) is 0. The van der Waals surface area contributed by atoms with Gasteiger partial charge >= 0.3 is 0 Å². The van der Waals surface area contributed by atoms with Gasteiger partial charge in [0.2, 0.25) is 11.8 Å². The van der Waals surface area contributed by atoms with Crippen LogP contribution in [0.3, 0.4) is 0 Å². The molecule has 0 aromatic carbocycles. The monoisotopic (exact) mass is 349 g/mol. The Bertz CT molecular complexity index is 595. The number of amides is 2. The maximum absolute atomic E-state index is 13.0. The molecule has 3 rings (SSSR count). The predicted octanol–water partition coefficient (Wildman–Crippen LogP) is 2.84. The maximum Gasteiger partial charge on any atom is 0.226 e. The van der Waals surface area contributed by atoms with Gasteiger partial charge in [-0.15, -0.1) is 11.3 Å². The molecule has 0 spiro atoms. The van der Waals surface area contributed by atoms with Gasteiger partial charge < -0.3 is 9.80 Å². The highest BCUT2D eigenvalue weighted by Crippen LogP contribution is 2.34. The highest BCUT2D eigenvalue weighted by Gasteiger charge is 2.39. The highest BCUT2D eigenvalue weighted by atomic mass is 32.1. The van der Waals surface area contributed by atoms with Crippen LogP contribution < -0.4 is 0 Å². The van der Waals surface area contributed by atoms with Crippen molar-refractivity contribution >= 4 is 23.2 Å². The molecule has 1 saturated heterocycles. The Hall–Kier alpha value is -1.43. The molecule has 2 unspecified atom stereocenters. The lowest BCUT2D eigenvalue weighted by Gasteiger charge is -2.34. The van der Waals surface area contributed by atoms with Crippen LogP contribution in [0.2, 0.25) is 0 Å². The van der Waals surface area contributed by atoms with E-state index in [0.717, 1.165) is 61.5 Å². The number of carbonyl (C=O) groups is 2. The second kappa shape index (κ2) is 7.64. The minimum Gasteiger partial charge on any atom is -0.342 e. The van der Waals surface area contributed by atoms with Crippen molar-refractivity contribution in [3.8, 4) is 0 Å². The summed E-state index contributed by atoms with van der Waals surface area (Å²) in [6.07, 6.45) is 7.86. The van der Waals surface area contributed by atoms with Gasteiger partial charge in [0.25, 0.3) is 0 Å². The third kappa shape index (κ3) is 3.79. The summed E-state index contributed by atoms with van der Waals surface area (Å²) < 4.78 is 0. The Morgan fingerprint density at radius 3 is 2.50 bits per heavy atom. The van der Waals surface area contributed by atoms with Crippen molar-refractivity contribution in [3.63, 3.8) is 0 Å². The van der Waals surface area contributed by atoms with Crippen LogP contribution in [0.5, 0.6) is 0 Å². The van der Waals surface area contributed by atoms with Crippen molar-refractivity contribution in [2.24, 2.45) is 11.8 Å². The van der Waals surface area contributed by atoms with Crippen molar-refractivity contribution in [1.29, 1.82) is 0 Å². The standard InChI is InChI=1S/C18H27N3O2S/c1-13-19-11-14(24-13)12-20(2)17(22)15-7-3-4-8-16(15)18(23)21-9-5-6-10-21/h11,15-16H,3-10,12H2,1-2H3. The number of hydrogen-bond donors (Lipinski definition) is 0. The SMILES string of the molecule is Cc1ncc(CN(C)C(=O)C2CCCCC2C(=O)N2CCCC2)s1. The molecule has 2 heterocycles. The summed E-state index contributed by atoms with van der Waals surface area (Å²) in [5, 5.41) is 1.02.